The van der Waals surface area contributed by atoms with Gasteiger partial charge < -0.3 is 9.47 Å². The highest BCUT2D eigenvalue weighted by Gasteiger charge is 2.40. The van der Waals surface area contributed by atoms with Crippen LogP contribution < -0.4 is 14.5 Å². The Morgan fingerprint density at radius 3 is 2.96 bits per heavy atom. The quantitative estimate of drug-likeness (QED) is 0.825. The van der Waals surface area contributed by atoms with Gasteiger partial charge in [0, 0.05) is 25.7 Å². The lowest BCUT2D eigenvalue weighted by molar-refractivity contribution is -0.120. The first kappa shape index (κ1) is 16.8. The van der Waals surface area contributed by atoms with E-state index >= 15 is 0 Å². The summed E-state index contributed by atoms with van der Waals surface area (Å²) in [6.07, 6.45) is 0.747. The molecule has 0 N–H and O–H groups in total. The van der Waals surface area contributed by atoms with Gasteiger partial charge in [0.15, 0.2) is 11.5 Å². The Morgan fingerprint density at radius 1 is 1.18 bits per heavy atom. The van der Waals surface area contributed by atoms with Crippen molar-refractivity contribution in [3.05, 3.63) is 53.6 Å². The molecule has 7 heteroatoms. The van der Waals surface area contributed by atoms with Crippen LogP contribution in [-0.4, -0.2) is 36.4 Å². The van der Waals surface area contributed by atoms with E-state index < -0.39 is 0 Å². The van der Waals surface area contributed by atoms with Gasteiger partial charge in [-0.3, -0.25) is 9.69 Å². The van der Waals surface area contributed by atoms with Crippen molar-refractivity contribution in [2.75, 3.05) is 24.9 Å². The number of hydrogen-bond donors (Lipinski definition) is 0. The highest BCUT2D eigenvalue weighted by molar-refractivity contribution is 6.16. The van der Waals surface area contributed by atoms with Crippen molar-refractivity contribution in [2.45, 2.75) is 13.0 Å². The third-order valence-electron chi connectivity index (χ3n) is 5.32. The van der Waals surface area contributed by atoms with Crippen molar-refractivity contribution in [3.8, 4) is 17.6 Å². The van der Waals surface area contributed by atoms with Crippen LogP contribution in [0.2, 0.25) is 0 Å². The minimum absolute atomic E-state index is 0.0139. The number of nitrogens with zero attached hydrogens (tertiary/aromatic N) is 4. The number of hydrogen-bond acceptors (Lipinski definition) is 6. The molecular formula is C21H18N4O3. The van der Waals surface area contributed by atoms with Crippen LogP contribution >= 0.6 is 0 Å². The first-order valence-corrected chi connectivity index (χ1v) is 9.23. The first-order valence-electron chi connectivity index (χ1n) is 9.23. The number of amides is 1. The van der Waals surface area contributed by atoms with Crippen molar-refractivity contribution < 1.29 is 14.3 Å². The number of ether oxygens (including phenoxy) is 2. The van der Waals surface area contributed by atoms with Gasteiger partial charge in [-0.25, -0.2) is 5.01 Å². The van der Waals surface area contributed by atoms with Crippen molar-refractivity contribution >= 4 is 17.3 Å². The third kappa shape index (κ3) is 2.88. The summed E-state index contributed by atoms with van der Waals surface area (Å²) in [6, 6.07) is 15.2. The Balaban J connectivity index is 1.34. The van der Waals surface area contributed by atoms with E-state index in [1.54, 1.807) is 12.1 Å². The molecule has 2 aromatic carbocycles. The van der Waals surface area contributed by atoms with Crippen LogP contribution in [0.4, 0.5) is 5.69 Å². The van der Waals surface area contributed by atoms with Gasteiger partial charge in [-0.1, -0.05) is 12.1 Å². The number of carbonyl (C=O) groups excluding carboxylic acids is 1. The van der Waals surface area contributed by atoms with Crippen LogP contribution in [0.25, 0.3) is 0 Å². The maximum Gasteiger partial charge on any atom is 0.256 e. The molecule has 3 aliphatic rings. The summed E-state index contributed by atoms with van der Waals surface area (Å²) in [7, 11) is 0. The molecule has 5 rings (SSSR count). The number of carbonyl (C=O) groups is 1. The number of likely N-dealkylation sites (tertiary alicyclic amines) is 1. The lowest BCUT2D eigenvalue weighted by Crippen LogP contribution is -2.41. The molecule has 2 aromatic rings. The molecule has 140 valence electrons. The number of piperidine rings is 1. The van der Waals surface area contributed by atoms with Gasteiger partial charge in [-0.05, 0) is 36.2 Å². The summed E-state index contributed by atoms with van der Waals surface area (Å²) in [6.45, 7) is 2.40. The van der Waals surface area contributed by atoms with Gasteiger partial charge in [-0.2, -0.15) is 10.4 Å². The van der Waals surface area contributed by atoms with Crippen LogP contribution in [0.3, 0.4) is 0 Å². The average Bonchev–Trinajstić information content (AvgIpc) is 3.32. The molecule has 1 fully saturated rings. The number of fused-ring (bicyclic) bond motifs is 2. The second-order valence-electron chi connectivity index (χ2n) is 7.14. The Hall–Kier alpha value is -3.37. The van der Waals surface area contributed by atoms with Gasteiger partial charge >= 0.3 is 0 Å². The molecule has 0 saturated carbocycles. The largest absolute Gasteiger partial charge is 0.454 e. The zero-order valence-corrected chi connectivity index (χ0v) is 15.2. The maximum absolute atomic E-state index is 12.9. The Bertz CT molecular complexity index is 1030. The molecule has 1 saturated heterocycles. The first-order chi connectivity index (χ1) is 13.7. The minimum Gasteiger partial charge on any atom is -0.454 e. The van der Waals surface area contributed by atoms with E-state index in [2.05, 4.69) is 16.1 Å². The molecule has 0 bridgehead atoms. The number of anilines is 1. The number of benzene rings is 2. The van der Waals surface area contributed by atoms with E-state index in [0.29, 0.717) is 29.3 Å². The molecule has 0 radical (unpaired) electrons. The lowest BCUT2D eigenvalue weighted by atomic mass is 9.94. The maximum atomic E-state index is 12.9. The molecular weight excluding hydrogens is 356 g/mol. The van der Waals surface area contributed by atoms with E-state index in [0.717, 1.165) is 30.8 Å². The van der Waals surface area contributed by atoms with Crippen molar-refractivity contribution in [2.24, 2.45) is 11.0 Å². The van der Waals surface area contributed by atoms with E-state index in [1.807, 2.05) is 30.3 Å². The number of rotatable bonds is 3. The zero-order valence-electron chi connectivity index (χ0n) is 15.2. The predicted molar refractivity (Wildman–Crippen MR) is 102 cm³/mol. The van der Waals surface area contributed by atoms with Gasteiger partial charge in [-0.15, -0.1) is 0 Å². The van der Waals surface area contributed by atoms with Gasteiger partial charge in [0.1, 0.15) is 0 Å². The Morgan fingerprint density at radius 2 is 2.07 bits per heavy atom. The number of nitriles is 1. The topological polar surface area (TPSA) is 78.2 Å². The van der Waals surface area contributed by atoms with Crippen LogP contribution in [0.1, 0.15) is 17.5 Å². The molecule has 1 unspecified atom stereocenters. The molecule has 1 atom stereocenters. The Kier molecular flexibility index (Phi) is 3.99. The van der Waals surface area contributed by atoms with Crippen LogP contribution in [0, 0.1) is 17.2 Å². The fourth-order valence-electron chi connectivity index (χ4n) is 3.92. The summed E-state index contributed by atoms with van der Waals surface area (Å²) in [5, 5.41) is 15.2. The summed E-state index contributed by atoms with van der Waals surface area (Å²) >= 11 is 0. The van der Waals surface area contributed by atoms with E-state index in [4.69, 9.17) is 14.7 Å². The normalized spacial score (nSPS) is 20.7. The minimum atomic E-state index is -0.160. The monoisotopic (exact) mass is 374 g/mol. The molecule has 28 heavy (non-hydrogen) atoms. The van der Waals surface area contributed by atoms with Crippen molar-refractivity contribution in [1.82, 2.24) is 4.90 Å². The number of hydrazone groups is 1. The summed E-state index contributed by atoms with van der Waals surface area (Å²) in [5.41, 5.74) is 3.35. The van der Waals surface area contributed by atoms with Crippen molar-refractivity contribution in [1.29, 1.82) is 5.26 Å². The van der Waals surface area contributed by atoms with Crippen LogP contribution in [0.15, 0.2) is 47.6 Å². The summed E-state index contributed by atoms with van der Waals surface area (Å²) in [5.74, 6) is 1.18. The summed E-state index contributed by atoms with van der Waals surface area (Å²) in [4.78, 5) is 15.1. The molecule has 0 spiro atoms. The summed E-state index contributed by atoms with van der Waals surface area (Å²) < 4.78 is 10.8. The second kappa shape index (κ2) is 6.66. The van der Waals surface area contributed by atoms with Crippen LogP contribution in [-0.2, 0) is 11.3 Å². The SMILES string of the molecule is N#Cc1cccc(CN2CCC3C(=O)N(c4ccc5c(c4)OCO5)N=C3C2)c1. The fourth-order valence-corrected chi connectivity index (χ4v) is 3.92. The molecule has 1 amide bonds. The highest BCUT2D eigenvalue weighted by Crippen LogP contribution is 2.37. The van der Waals surface area contributed by atoms with Crippen molar-refractivity contribution in [3.63, 3.8) is 0 Å². The third-order valence-corrected chi connectivity index (χ3v) is 5.32. The molecule has 3 aliphatic heterocycles. The van der Waals surface area contributed by atoms with E-state index in [1.165, 1.54) is 5.01 Å². The lowest BCUT2D eigenvalue weighted by Gasteiger charge is -2.29. The predicted octanol–water partition coefficient (Wildman–Crippen LogP) is 2.51. The molecule has 7 nitrogen and oxygen atoms in total. The van der Waals surface area contributed by atoms with Gasteiger partial charge in [0.2, 0.25) is 6.79 Å². The fraction of sp³-hybridized carbons (Fsp3) is 0.286. The van der Waals surface area contributed by atoms with E-state index in [-0.39, 0.29) is 18.6 Å². The smallest absolute Gasteiger partial charge is 0.256 e. The second-order valence-corrected chi connectivity index (χ2v) is 7.14. The molecule has 0 aromatic heterocycles. The zero-order chi connectivity index (χ0) is 19.1. The van der Waals surface area contributed by atoms with Crippen LogP contribution in [0.5, 0.6) is 11.5 Å². The average molecular weight is 374 g/mol. The van der Waals surface area contributed by atoms with Gasteiger partial charge in [0.25, 0.3) is 5.91 Å². The standard InChI is InChI=1S/C21H18N4O3/c22-10-14-2-1-3-15(8-14)11-24-7-6-17-18(12-24)23-25(21(17)26)16-4-5-19-20(9-16)28-13-27-19/h1-5,8-9,17H,6-7,11-13H2. The highest BCUT2D eigenvalue weighted by atomic mass is 16.7. The molecule has 0 aliphatic carbocycles. The molecule has 3 heterocycles. The van der Waals surface area contributed by atoms with E-state index in [9.17, 15) is 4.79 Å². The Labute approximate surface area is 162 Å². The van der Waals surface area contributed by atoms with Gasteiger partial charge in [0.05, 0.1) is 28.9 Å².